The number of fused-ring (bicyclic) bond motifs is 1. The standard InChI is InChI=1S/C19H28NO3/c1-20-12-6-5-11-18(20)16(8-7-13-20)14-22-15-19(21)23-17-9-3-2-4-10-17/h2-4,9-10,16,18H,5-8,11-15H2,1H3/q+1. The Labute approximate surface area is 139 Å². The first kappa shape index (κ1) is 16.5. The van der Waals surface area contributed by atoms with Gasteiger partial charge in [0.25, 0.3) is 0 Å². The van der Waals surface area contributed by atoms with E-state index in [-0.39, 0.29) is 12.6 Å². The molecule has 0 spiro atoms. The van der Waals surface area contributed by atoms with Crippen molar-refractivity contribution in [2.45, 2.75) is 38.1 Å². The van der Waals surface area contributed by atoms with Crippen LogP contribution in [0.15, 0.2) is 30.3 Å². The number of carbonyl (C=O) groups is 1. The molecule has 0 N–H and O–H groups in total. The van der Waals surface area contributed by atoms with Crippen LogP contribution in [0, 0.1) is 5.92 Å². The van der Waals surface area contributed by atoms with Crippen molar-refractivity contribution in [3.05, 3.63) is 30.3 Å². The van der Waals surface area contributed by atoms with E-state index in [4.69, 9.17) is 9.47 Å². The van der Waals surface area contributed by atoms with Gasteiger partial charge in [0.1, 0.15) is 12.4 Å². The lowest BCUT2D eigenvalue weighted by Gasteiger charge is -2.51. The summed E-state index contributed by atoms with van der Waals surface area (Å²) < 4.78 is 12.2. The highest BCUT2D eigenvalue weighted by molar-refractivity contribution is 5.73. The largest absolute Gasteiger partial charge is 0.425 e. The van der Waals surface area contributed by atoms with Crippen LogP contribution in [0.3, 0.4) is 0 Å². The highest BCUT2D eigenvalue weighted by atomic mass is 16.6. The number of nitrogens with zero attached hydrogens (tertiary/aromatic N) is 1. The Morgan fingerprint density at radius 1 is 1.13 bits per heavy atom. The number of hydrogen-bond donors (Lipinski definition) is 0. The van der Waals surface area contributed by atoms with Crippen LogP contribution in [0.1, 0.15) is 32.1 Å². The van der Waals surface area contributed by atoms with Crippen LogP contribution in [-0.2, 0) is 9.53 Å². The minimum absolute atomic E-state index is 0.0435. The molecule has 2 heterocycles. The first-order chi connectivity index (χ1) is 11.2. The van der Waals surface area contributed by atoms with Gasteiger partial charge in [0, 0.05) is 12.3 Å². The molecule has 2 aliphatic rings. The number of quaternary nitrogens is 1. The second kappa shape index (κ2) is 7.45. The first-order valence-electron chi connectivity index (χ1n) is 8.85. The summed E-state index contributed by atoms with van der Waals surface area (Å²) in [6.45, 7) is 3.33. The third-order valence-corrected chi connectivity index (χ3v) is 5.53. The van der Waals surface area contributed by atoms with Crippen LogP contribution in [0.4, 0.5) is 0 Å². The van der Waals surface area contributed by atoms with Crippen molar-refractivity contribution >= 4 is 5.97 Å². The molecule has 1 aromatic carbocycles. The van der Waals surface area contributed by atoms with Gasteiger partial charge in [-0.2, -0.15) is 0 Å². The Kier molecular flexibility index (Phi) is 5.34. The topological polar surface area (TPSA) is 35.5 Å². The first-order valence-corrected chi connectivity index (χ1v) is 8.85. The molecule has 4 heteroatoms. The fraction of sp³-hybridized carbons (Fsp3) is 0.632. The van der Waals surface area contributed by atoms with Gasteiger partial charge in [-0.1, -0.05) is 18.2 Å². The molecule has 3 unspecified atom stereocenters. The third-order valence-electron chi connectivity index (χ3n) is 5.53. The van der Waals surface area contributed by atoms with Crippen molar-refractivity contribution in [3.8, 4) is 5.75 Å². The van der Waals surface area contributed by atoms with Crippen molar-refractivity contribution in [2.75, 3.05) is 33.4 Å². The van der Waals surface area contributed by atoms with E-state index in [0.717, 1.165) is 0 Å². The fourth-order valence-corrected chi connectivity index (χ4v) is 4.37. The van der Waals surface area contributed by atoms with Crippen molar-refractivity contribution in [1.82, 2.24) is 0 Å². The molecule has 0 aromatic heterocycles. The number of piperidine rings is 2. The van der Waals surface area contributed by atoms with Crippen LogP contribution in [-0.4, -0.2) is 49.8 Å². The van der Waals surface area contributed by atoms with Gasteiger partial charge in [-0.3, -0.25) is 0 Å². The SMILES string of the molecule is C[N+]12CCCCC1C(COCC(=O)Oc1ccccc1)CCC2. The number of ether oxygens (including phenoxy) is 2. The highest BCUT2D eigenvalue weighted by Gasteiger charge is 2.43. The fourth-order valence-electron chi connectivity index (χ4n) is 4.37. The molecule has 23 heavy (non-hydrogen) atoms. The Bertz CT molecular complexity index is 515. The van der Waals surface area contributed by atoms with Gasteiger partial charge in [0.2, 0.25) is 0 Å². The molecule has 0 amide bonds. The third kappa shape index (κ3) is 4.12. The van der Waals surface area contributed by atoms with Gasteiger partial charge in [-0.15, -0.1) is 0 Å². The van der Waals surface area contributed by atoms with Crippen molar-refractivity contribution in [3.63, 3.8) is 0 Å². The summed E-state index contributed by atoms with van der Waals surface area (Å²) in [5.41, 5.74) is 0. The zero-order chi connectivity index (χ0) is 16.1. The Balaban J connectivity index is 1.45. The van der Waals surface area contributed by atoms with Crippen molar-refractivity contribution < 1.29 is 18.8 Å². The molecule has 0 saturated carbocycles. The molecule has 3 rings (SSSR count). The molecule has 0 aliphatic carbocycles. The Morgan fingerprint density at radius 3 is 2.74 bits per heavy atom. The highest BCUT2D eigenvalue weighted by Crippen LogP contribution is 2.36. The smallest absolute Gasteiger partial charge is 0.337 e. The molecule has 2 aliphatic heterocycles. The molecule has 2 fully saturated rings. The van der Waals surface area contributed by atoms with Gasteiger partial charge in [0.05, 0.1) is 32.8 Å². The van der Waals surface area contributed by atoms with E-state index in [9.17, 15) is 4.79 Å². The summed E-state index contributed by atoms with van der Waals surface area (Å²) in [6, 6.07) is 9.88. The number of rotatable bonds is 5. The number of benzene rings is 1. The van der Waals surface area contributed by atoms with Crippen LogP contribution in [0.2, 0.25) is 0 Å². The van der Waals surface area contributed by atoms with Crippen LogP contribution >= 0.6 is 0 Å². The van der Waals surface area contributed by atoms with Gasteiger partial charge >= 0.3 is 5.97 Å². The normalized spacial score (nSPS) is 30.5. The summed E-state index contributed by atoms with van der Waals surface area (Å²) in [5, 5.41) is 0. The minimum Gasteiger partial charge on any atom is -0.425 e. The van der Waals surface area contributed by atoms with E-state index in [2.05, 4.69) is 7.05 Å². The van der Waals surface area contributed by atoms with Crippen molar-refractivity contribution in [2.24, 2.45) is 5.92 Å². The molecule has 3 atom stereocenters. The predicted molar refractivity (Wildman–Crippen MR) is 89.2 cm³/mol. The number of hydrogen-bond acceptors (Lipinski definition) is 3. The van der Waals surface area contributed by atoms with Gasteiger partial charge in [-0.05, 0) is 37.8 Å². The maximum absolute atomic E-state index is 11.8. The van der Waals surface area contributed by atoms with Crippen LogP contribution in [0.5, 0.6) is 5.75 Å². The summed E-state index contributed by atoms with van der Waals surface area (Å²) in [7, 11) is 2.40. The average Bonchev–Trinajstić information content (AvgIpc) is 2.55. The van der Waals surface area contributed by atoms with E-state index in [1.54, 1.807) is 12.1 Å². The van der Waals surface area contributed by atoms with E-state index in [0.29, 0.717) is 24.3 Å². The molecule has 126 valence electrons. The van der Waals surface area contributed by atoms with E-state index >= 15 is 0 Å². The summed E-state index contributed by atoms with van der Waals surface area (Å²) in [4.78, 5) is 11.8. The molecular weight excluding hydrogens is 290 g/mol. The Morgan fingerprint density at radius 2 is 1.91 bits per heavy atom. The number of carbonyl (C=O) groups excluding carboxylic acids is 1. The van der Waals surface area contributed by atoms with E-state index < -0.39 is 0 Å². The maximum atomic E-state index is 11.8. The lowest BCUT2D eigenvalue weighted by Crippen LogP contribution is -2.61. The molecule has 4 nitrogen and oxygen atoms in total. The minimum atomic E-state index is -0.312. The van der Waals surface area contributed by atoms with Gasteiger partial charge in [0.15, 0.2) is 0 Å². The molecule has 2 saturated heterocycles. The molecule has 0 bridgehead atoms. The maximum Gasteiger partial charge on any atom is 0.337 e. The second-order valence-electron chi connectivity index (χ2n) is 7.19. The lowest BCUT2D eigenvalue weighted by molar-refractivity contribution is -0.947. The monoisotopic (exact) mass is 318 g/mol. The number of esters is 1. The quantitative estimate of drug-likeness (QED) is 0.475. The predicted octanol–water partition coefficient (Wildman–Crippen LogP) is 3.02. The van der Waals surface area contributed by atoms with E-state index in [1.165, 1.54) is 49.7 Å². The van der Waals surface area contributed by atoms with Gasteiger partial charge in [-0.25, -0.2) is 4.79 Å². The van der Waals surface area contributed by atoms with Crippen molar-refractivity contribution in [1.29, 1.82) is 0 Å². The Hall–Kier alpha value is -1.39. The zero-order valence-corrected chi connectivity index (χ0v) is 14.1. The molecule has 0 radical (unpaired) electrons. The van der Waals surface area contributed by atoms with Crippen LogP contribution in [0.25, 0.3) is 0 Å². The molecular formula is C19H28NO3+. The lowest BCUT2D eigenvalue weighted by atomic mass is 9.82. The summed E-state index contributed by atoms with van der Waals surface area (Å²) >= 11 is 0. The molecule has 1 aromatic rings. The summed E-state index contributed by atoms with van der Waals surface area (Å²) in [5.74, 6) is 0.849. The average molecular weight is 318 g/mol. The summed E-state index contributed by atoms with van der Waals surface area (Å²) in [6.07, 6.45) is 6.50. The zero-order valence-electron chi connectivity index (χ0n) is 14.1. The second-order valence-corrected chi connectivity index (χ2v) is 7.19. The van der Waals surface area contributed by atoms with Gasteiger partial charge < -0.3 is 14.0 Å². The van der Waals surface area contributed by atoms with E-state index in [1.807, 2.05) is 18.2 Å². The number of para-hydroxylation sites is 1. The van der Waals surface area contributed by atoms with Crippen LogP contribution < -0.4 is 4.74 Å².